The Morgan fingerprint density at radius 3 is 1.16 bits per heavy atom. The van der Waals surface area contributed by atoms with Crippen molar-refractivity contribution in [3.63, 3.8) is 0 Å². The molecule has 328 valence electrons. The van der Waals surface area contributed by atoms with Gasteiger partial charge in [0.25, 0.3) is 0 Å². The molecule has 2 heteroatoms. The molecule has 0 unspecified atom stereocenters. The van der Waals surface area contributed by atoms with Crippen molar-refractivity contribution in [2.45, 2.75) is 10.8 Å². The number of benzene rings is 11. The second kappa shape index (κ2) is 15.8. The van der Waals surface area contributed by atoms with Crippen LogP contribution in [0.5, 0.6) is 0 Å². The molecule has 0 fully saturated rings. The Bertz CT molecular complexity index is 3680. The summed E-state index contributed by atoms with van der Waals surface area (Å²) < 4.78 is 0. The molecule has 0 atom stereocenters. The van der Waals surface area contributed by atoms with E-state index in [-0.39, 0.29) is 0 Å². The third-order valence-corrected chi connectivity index (χ3v) is 15.3. The summed E-state index contributed by atoms with van der Waals surface area (Å²) in [6.07, 6.45) is 0. The minimum atomic E-state index is -0.599. The molecule has 0 saturated carbocycles. The number of hydrogen-bond donors (Lipinski definition) is 0. The van der Waals surface area contributed by atoms with Gasteiger partial charge in [-0.05, 0) is 139 Å². The van der Waals surface area contributed by atoms with Gasteiger partial charge in [-0.25, -0.2) is 0 Å². The van der Waals surface area contributed by atoms with Crippen LogP contribution in [0.2, 0.25) is 0 Å². The second-order valence-electron chi connectivity index (χ2n) is 18.7. The first-order valence-electron chi connectivity index (χ1n) is 24.3. The van der Waals surface area contributed by atoms with Gasteiger partial charge in [0.05, 0.1) is 22.2 Å². The first-order chi connectivity index (χ1) is 34.7. The average Bonchev–Trinajstić information content (AvgIpc) is 3.90. The van der Waals surface area contributed by atoms with Crippen molar-refractivity contribution in [3.8, 4) is 33.4 Å². The Balaban J connectivity index is 1.03. The number of rotatable bonds is 7. The zero-order valence-corrected chi connectivity index (χ0v) is 38.5. The van der Waals surface area contributed by atoms with Gasteiger partial charge in [-0.3, -0.25) is 0 Å². The van der Waals surface area contributed by atoms with Gasteiger partial charge in [-0.15, -0.1) is 0 Å². The standard InChI is InChI=1S/C68H46N2/c1-5-21-47(22-6-1)48-37-39-52(40-38-48)69(53-41-43-57-55-29-13-15-31-59(55)67(63(57)45-53,49-23-7-2-8-24-49)50-25-9-3-10-26-50)54-42-44-58-56-30-14-16-32-60(56)68(64(58)46-54)61-33-17-19-35-65(61)70(51-27-11-4-12-28-51)66-36-20-18-34-62(66)68/h1-46H. The van der Waals surface area contributed by atoms with Crippen molar-refractivity contribution < 1.29 is 0 Å². The molecular formula is C68H46N2. The van der Waals surface area contributed by atoms with Gasteiger partial charge >= 0.3 is 0 Å². The molecule has 0 amide bonds. The molecule has 1 spiro atoms. The normalized spacial score (nSPS) is 13.9. The number of para-hydroxylation sites is 3. The van der Waals surface area contributed by atoms with E-state index < -0.39 is 10.8 Å². The molecule has 70 heavy (non-hydrogen) atoms. The van der Waals surface area contributed by atoms with E-state index in [0.29, 0.717) is 0 Å². The molecule has 0 aromatic heterocycles. The Hall–Kier alpha value is -8.98. The molecule has 1 aliphatic heterocycles. The van der Waals surface area contributed by atoms with Crippen LogP contribution in [0.4, 0.5) is 34.1 Å². The van der Waals surface area contributed by atoms with Crippen molar-refractivity contribution >= 4 is 34.1 Å². The van der Waals surface area contributed by atoms with Crippen molar-refractivity contribution in [1.82, 2.24) is 0 Å². The molecule has 1 heterocycles. The molecule has 11 aromatic carbocycles. The van der Waals surface area contributed by atoms with Crippen LogP contribution in [-0.2, 0) is 10.8 Å². The minimum absolute atomic E-state index is 0.545. The molecule has 3 aliphatic rings. The van der Waals surface area contributed by atoms with Gasteiger partial charge in [-0.2, -0.15) is 0 Å². The fourth-order valence-corrected chi connectivity index (χ4v) is 12.5. The van der Waals surface area contributed by atoms with Crippen molar-refractivity contribution in [1.29, 1.82) is 0 Å². The third-order valence-electron chi connectivity index (χ3n) is 15.3. The van der Waals surface area contributed by atoms with Gasteiger partial charge < -0.3 is 9.80 Å². The smallest absolute Gasteiger partial charge is 0.0755 e. The summed E-state index contributed by atoms with van der Waals surface area (Å²) in [4.78, 5) is 4.95. The summed E-state index contributed by atoms with van der Waals surface area (Å²) in [6, 6.07) is 104. The van der Waals surface area contributed by atoms with Crippen LogP contribution in [0, 0.1) is 0 Å². The lowest BCUT2D eigenvalue weighted by atomic mass is 9.64. The van der Waals surface area contributed by atoms with E-state index in [0.717, 1.165) is 22.7 Å². The monoisotopic (exact) mass is 890 g/mol. The van der Waals surface area contributed by atoms with E-state index in [2.05, 4.69) is 289 Å². The fourth-order valence-electron chi connectivity index (χ4n) is 12.5. The van der Waals surface area contributed by atoms with Crippen LogP contribution in [0.25, 0.3) is 33.4 Å². The van der Waals surface area contributed by atoms with Crippen molar-refractivity contribution in [2.75, 3.05) is 9.80 Å². The summed E-state index contributed by atoms with van der Waals surface area (Å²) in [7, 11) is 0. The molecule has 0 radical (unpaired) electrons. The summed E-state index contributed by atoms with van der Waals surface area (Å²) in [5.41, 5.74) is 23.3. The van der Waals surface area contributed by atoms with Crippen molar-refractivity contribution in [2.24, 2.45) is 0 Å². The van der Waals surface area contributed by atoms with E-state index in [1.54, 1.807) is 0 Å². The van der Waals surface area contributed by atoms with Gasteiger partial charge in [-0.1, -0.05) is 218 Å². The molecule has 0 bridgehead atoms. The molecule has 2 nitrogen and oxygen atoms in total. The first-order valence-corrected chi connectivity index (χ1v) is 24.3. The van der Waals surface area contributed by atoms with E-state index in [9.17, 15) is 0 Å². The minimum Gasteiger partial charge on any atom is -0.310 e. The molecule has 0 saturated heterocycles. The van der Waals surface area contributed by atoms with Crippen LogP contribution in [0.1, 0.15) is 44.5 Å². The average molecular weight is 891 g/mol. The van der Waals surface area contributed by atoms with E-state index in [4.69, 9.17) is 0 Å². The predicted molar refractivity (Wildman–Crippen MR) is 289 cm³/mol. The van der Waals surface area contributed by atoms with Crippen LogP contribution < -0.4 is 9.80 Å². The summed E-state index contributed by atoms with van der Waals surface area (Å²) >= 11 is 0. The van der Waals surface area contributed by atoms with E-state index in [1.807, 2.05) is 0 Å². The molecule has 0 N–H and O–H groups in total. The summed E-state index contributed by atoms with van der Waals surface area (Å²) in [6.45, 7) is 0. The van der Waals surface area contributed by atoms with Crippen LogP contribution in [0.3, 0.4) is 0 Å². The van der Waals surface area contributed by atoms with Gasteiger partial charge in [0, 0.05) is 22.7 Å². The molecule has 2 aliphatic carbocycles. The fraction of sp³-hybridized carbons (Fsp3) is 0.0294. The molecular weight excluding hydrogens is 845 g/mol. The SMILES string of the molecule is c1ccc(-c2ccc(N(c3ccc4c(c3)C(c3ccccc3)(c3ccccc3)c3ccccc3-4)c3ccc4c(c3)C3(c5ccccc5-4)c4ccccc4N(c4ccccc4)c4ccccc43)cc2)cc1. The van der Waals surface area contributed by atoms with Crippen LogP contribution in [-0.4, -0.2) is 0 Å². The largest absolute Gasteiger partial charge is 0.310 e. The maximum Gasteiger partial charge on any atom is 0.0755 e. The number of anilines is 6. The maximum atomic E-state index is 2.51. The van der Waals surface area contributed by atoms with Gasteiger partial charge in [0.15, 0.2) is 0 Å². The Labute approximate surface area is 409 Å². The maximum absolute atomic E-state index is 2.51. The highest BCUT2D eigenvalue weighted by molar-refractivity contribution is 5.97. The first kappa shape index (κ1) is 40.1. The number of nitrogens with zero attached hydrogens (tertiary/aromatic N) is 2. The van der Waals surface area contributed by atoms with Gasteiger partial charge in [0.2, 0.25) is 0 Å². The van der Waals surface area contributed by atoms with Gasteiger partial charge in [0.1, 0.15) is 0 Å². The molecule has 11 aromatic rings. The van der Waals surface area contributed by atoms with E-state index >= 15 is 0 Å². The highest BCUT2D eigenvalue weighted by Crippen LogP contribution is 2.64. The third kappa shape index (κ3) is 5.68. The Kier molecular flexibility index (Phi) is 9.06. The zero-order valence-electron chi connectivity index (χ0n) is 38.5. The van der Waals surface area contributed by atoms with E-state index in [1.165, 1.54) is 89.3 Å². The second-order valence-corrected chi connectivity index (χ2v) is 18.7. The van der Waals surface area contributed by atoms with Crippen LogP contribution >= 0.6 is 0 Å². The summed E-state index contributed by atoms with van der Waals surface area (Å²) in [5.74, 6) is 0. The topological polar surface area (TPSA) is 6.48 Å². The van der Waals surface area contributed by atoms with Crippen molar-refractivity contribution in [3.05, 3.63) is 324 Å². The lowest BCUT2D eigenvalue weighted by Crippen LogP contribution is -2.36. The Morgan fingerprint density at radius 2 is 0.629 bits per heavy atom. The number of hydrogen-bond acceptors (Lipinski definition) is 2. The highest BCUT2D eigenvalue weighted by atomic mass is 15.2. The zero-order chi connectivity index (χ0) is 46.2. The predicted octanol–water partition coefficient (Wildman–Crippen LogP) is 17.3. The lowest BCUT2D eigenvalue weighted by molar-refractivity contribution is 0.752. The lowest BCUT2D eigenvalue weighted by Gasteiger charge is -2.45. The van der Waals surface area contributed by atoms with Crippen LogP contribution in [0.15, 0.2) is 279 Å². The number of fused-ring (bicyclic) bond motifs is 12. The molecule has 14 rings (SSSR count). The quantitative estimate of drug-likeness (QED) is 0.157. The Morgan fingerprint density at radius 1 is 0.257 bits per heavy atom. The highest BCUT2D eigenvalue weighted by Gasteiger charge is 2.52. The summed E-state index contributed by atoms with van der Waals surface area (Å²) in [5, 5.41) is 0.